The standard InChI is InChI=1S/C14H18BrN3OS/c1-4-5-18-7-11(15)6-13(18)14(19)17(3)8-12-9-20-10(2)16-12/h6-7,9H,4-5,8H2,1-3H3. The third-order valence-corrected chi connectivity index (χ3v) is 4.22. The monoisotopic (exact) mass is 355 g/mol. The highest BCUT2D eigenvalue weighted by Crippen LogP contribution is 2.18. The van der Waals surface area contributed by atoms with Gasteiger partial charge < -0.3 is 9.47 Å². The van der Waals surface area contributed by atoms with Crippen LogP contribution in [0, 0.1) is 6.92 Å². The van der Waals surface area contributed by atoms with Crippen LogP contribution in [0.4, 0.5) is 0 Å². The van der Waals surface area contributed by atoms with Crippen molar-refractivity contribution >= 4 is 33.2 Å². The van der Waals surface area contributed by atoms with Gasteiger partial charge in [0, 0.05) is 29.6 Å². The van der Waals surface area contributed by atoms with Crippen LogP contribution >= 0.6 is 27.3 Å². The van der Waals surface area contributed by atoms with Gasteiger partial charge in [-0.1, -0.05) is 6.92 Å². The van der Waals surface area contributed by atoms with Gasteiger partial charge in [0.1, 0.15) is 5.69 Å². The lowest BCUT2D eigenvalue weighted by Gasteiger charge is -2.17. The number of thiazole rings is 1. The minimum Gasteiger partial charge on any atom is -0.342 e. The lowest BCUT2D eigenvalue weighted by Crippen LogP contribution is -2.28. The summed E-state index contributed by atoms with van der Waals surface area (Å²) in [5.41, 5.74) is 1.66. The third-order valence-electron chi connectivity index (χ3n) is 2.96. The van der Waals surface area contributed by atoms with Crippen LogP contribution in [0.15, 0.2) is 22.1 Å². The molecule has 0 fully saturated rings. The highest BCUT2D eigenvalue weighted by molar-refractivity contribution is 9.10. The zero-order valence-corrected chi connectivity index (χ0v) is 14.3. The summed E-state index contributed by atoms with van der Waals surface area (Å²) < 4.78 is 2.93. The summed E-state index contributed by atoms with van der Waals surface area (Å²) in [6.07, 6.45) is 2.95. The van der Waals surface area contributed by atoms with Crippen molar-refractivity contribution in [3.05, 3.63) is 38.5 Å². The fourth-order valence-electron chi connectivity index (χ4n) is 2.07. The molecule has 4 nitrogen and oxygen atoms in total. The van der Waals surface area contributed by atoms with Gasteiger partial charge in [0.15, 0.2) is 0 Å². The van der Waals surface area contributed by atoms with E-state index in [1.165, 1.54) is 0 Å². The molecule has 0 unspecified atom stereocenters. The van der Waals surface area contributed by atoms with E-state index >= 15 is 0 Å². The smallest absolute Gasteiger partial charge is 0.270 e. The molecule has 2 aromatic rings. The minimum atomic E-state index is 0.0230. The van der Waals surface area contributed by atoms with Crippen LogP contribution in [0.5, 0.6) is 0 Å². The van der Waals surface area contributed by atoms with Crippen molar-refractivity contribution in [2.24, 2.45) is 0 Å². The normalized spacial score (nSPS) is 10.8. The number of halogens is 1. The van der Waals surface area contributed by atoms with Crippen molar-refractivity contribution in [3.8, 4) is 0 Å². The Morgan fingerprint density at radius 3 is 2.90 bits per heavy atom. The topological polar surface area (TPSA) is 38.1 Å². The van der Waals surface area contributed by atoms with Crippen LogP contribution in [0.1, 0.15) is 34.5 Å². The molecule has 0 saturated carbocycles. The first-order valence-corrected chi connectivity index (χ1v) is 8.20. The molecular weight excluding hydrogens is 338 g/mol. The van der Waals surface area contributed by atoms with Gasteiger partial charge in [0.2, 0.25) is 0 Å². The van der Waals surface area contributed by atoms with E-state index < -0.39 is 0 Å². The van der Waals surface area contributed by atoms with Gasteiger partial charge >= 0.3 is 0 Å². The maximum Gasteiger partial charge on any atom is 0.270 e. The fraction of sp³-hybridized carbons (Fsp3) is 0.429. The molecule has 0 N–H and O–H groups in total. The Balaban J connectivity index is 2.13. The Morgan fingerprint density at radius 1 is 1.55 bits per heavy atom. The van der Waals surface area contributed by atoms with Crippen molar-refractivity contribution in [2.45, 2.75) is 33.4 Å². The highest BCUT2D eigenvalue weighted by atomic mass is 79.9. The lowest BCUT2D eigenvalue weighted by atomic mass is 10.3. The zero-order chi connectivity index (χ0) is 14.7. The van der Waals surface area contributed by atoms with E-state index in [2.05, 4.69) is 27.8 Å². The van der Waals surface area contributed by atoms with Gasteiger partial charge in [0.25, 0.3) is 5.91 Å². The van der Waals surface area contributed by atoms with Crippen LogP contribution in [0.3, 0.4) is 0 Å². The minimum absolute atomic E-state index is 0.0230. The van der Waals surface area contributed by atoms with Gasteiger partial charge in [-0.05, 0) is 35.3 Å². The molecule has 0 saturated heterocycles. The molecule has 108 valence electrons. The van der Waals surface area contributed by atoms with Crippen LogP contribution in [-0.2, 0) is 13.1 Å². The average molecular weight is 356 g/mol. The maximum absolute atomic E-state index is 12.5. The predicted octanol–water partition coefficient (Wildman–Crippen LogP) is 3.70. The molecule has 6 heteroatoms. The molecular formula is C14H18BrN3OS. The number of nitrogens with zero attached hydrogens (tertiary/aromatic N) is 3. The Bertz CT molecular complexity index is 605. The van der Waals surface area contributed by atoms with Crippen LogP contribution in [0.2, 0.25) is 0 Å². The van der Waals surface area contributed by atoms with E-state index in [9.17, 15) is 4.79 Å². The summed E-state index contributed by atoms with van der Waals surface area (Å²) in [4.78, 5) is 18.6. The predicted molar refractivity (Wildman–Crippen MR) is 85.1 cm³/mol. The number of carbonyl (C=O) groups excluding carboxylic acids is 1. The third kappa shape index (κ3) is 3.49. The maximum atomic E-state index is 12.5. The molecule has 0 aliphatic rings. The largest absolute Gasteiger partial charge is 0.342 e. The average Bonchev–Trinajstić information content (AvgIpc) is 2.95. The Kier molecular flexibility index (Phi) is 4.99. The van der Waals surface area contributed by atoms with E-state index in [0.29, 0.717) is 12.2 Å². The number of rotatable bonds is 5. The Hall–Kier alpha value is -1.14. The number of hydrogen-bond donors (Lipinski definition) is 0. The van der Waals surface area contributed by atoms with Gasteiger partial charge in [-0.25, -0.2) is 4.98 Å². The fourth-order valence-corrected chi connectivity index (χ4v) is 3.14. The van der Waals surface area contributed by atoms with Gasteiger partial charge in [-0.3, -0.25) is 4.79 Å². The van der Waals surface area contributed by atoms with E-state index in [1.54, 1.807) is 16.2 Å². The number of amides is 1. The first-order valence-electron chi connectivity index (χ1n) is 6.53. The van der Waals surface area contributed by atoms with Crippen molar-refractivity contribution < 1.29 is 4.79 Å². The van der Waals surface area contributed by atoms with Crippen molar-refractivity contribution in [1.29, 1.82) is 0 Å². The van der Waals surface area contributed by atoms with E-state index in [1.807, 2.05) is 36.2 Å². The number of aryl methyl sites for hydroxylation is 2. The molecule has 1 amide bonds. The van der Waals surface area contributed by atoms with Crippen LogP contribution in [-0.4, -0.2) is 27.4 Å². The first kappa shape index (κ1) is 15.3. The van der Waals surface area contributed by atoms with E-state index in [4.69, 9.17) is 0 Å². The van der Waals surface area contributed by atoms with E-state index in [-0.39, 0.29) is 5.91 Å². The number of hydrogen-bond acceptors (Lipinski definition) is 3. The van der Waals surface area contributed by atoms with Crippen molar-refractivity contribution in [1.82, 2.24) is 14.5 Å². The second-order valence-corrected chi connectivity index (χ2v) is 6.73. The molecule has 2 aromatic heterocycles. The van der Waals surface area contributed by atoms with Crippen molar-refractivity contribution in [3.63, 3.8) is 0 Å². The molecule has 0 aliphatic carbocycles. The molecule has 0 spiro atoms. The molecule has 0 radical (unpaired) electrons. The van der Waals surface area contributed by atoms with Gasteiger partial charge in [-0.2, -0.15) is 0 Å². The molecule has 2 heterocycles. The Labute approximate surface area is 131 Å². The van der Waals surface area contributed by atoms with Crippen LogP contribution < -0.4 is 0 Å². The molecule has 0 aliphatic heterocycles. The molecule has 2 rings (SSSR count). The first-order chi connectivity index (χ1) is 9.51. The van der Waals surface area contributed by atoms with E-state index in [0.717, 1.165) is 28.1 Å². The Morgan fingerprint density at radius 2 is 2.30 bits per heavy atom. The molecule has 0 atom stereocenters. The summed E-state index contributed by atoms with van der Waals surface area (Å²) in [6, 6.07) is 1.88. The summed E-state index contributed by atoms with van der Waals surface area (Å²) in [5.74, 6) is 0.0230. The summed E-state index contributed by atoms with van der Waals surface area (Å²) >= 11 is 5.05. The lowest BCUT2D eigenvalue weighted by molar-refractivity contribution is 0.0772. The van der Waals surface area contributed by atoms with Gasteiger partial charge in [-0.15, -0.1) is 11.3 Å². The molecule has 20 heavy (non-hydrogen) atoms. The second-order valence-electron chi connectivity index (χ2n) is 4.76. The summed E-state index contributed by atoms with van der Waals surface area (Å²) in [6.45, 7) is 5.46. The molecule has 0 bridgehead atoms. The summed E-state index contributed by atoms with van der Waals surface area (Å²) in [5, 5.41) is 3.03. The van der Waals surface area contributed by atoms with Crippen molar-refractivity contribution in [2.75, 3.05) is 7.05 Å². The number of carbonyl (C=O) groups is 1. The van der Waals surface area contributed by atoms with Gasteiger partial charge in [0.05, 0.1) is 17.2 Å². The second kappa shape index (κ2) is 6.54. The summed E-state index contributed by atoms with van der Waals surface area (Å²) in [7, 11) is 1.81. The highest BCUT2D eigenvalue weighted by Gasteiger charge is 2.17. The SMILES string of the molecule is CCCn1cc(Br)cc1C(=O)N(C)Cc1csc(C)n1. The quantitative estimate of drug-likeness (QED) is 0.819. The zero-order valence-electron chi connectivity index (χ0n) is 11.9. The number of aromatic nitrogens is 2. The van der Waals surface area contributed by atoms with Crippen LogP contribution in [0.25, 0.3) is 0 Å². The molecule has 0 aromatic carbocycles.